The molecule has 0 heterocycles. The smallest absolute Gasteiger partial charge is 0.269 e. The fraction of sp³-hybridized carbons (Fsp3) is 0.278. The summed E-state index contributed by atoms with van der Waals surface area (Å²) in [6.45, 7) is 2.29. The van der Waals surface area contributed by atoms with Crippen molar-refractivity contribution in [3.8, 4) is 0 Å². The molecule has 0 radical (unpaired) electrons. The van der Waals surface area contributed by atoms with E-state index in [1.165, 1.54) is 23.9 Å². The molecule has 1 N–H and O–H groups in total. The minimum atomic E-state index is -0.438. The van der Waals surface area contributed by atoms with Gasteiger partial charge in [-0.2, -0.15) is 0 Å². The van der Waals surface area contributed by atoms with Crippen LogP contribution in [0, 0.1) is 10.1 Å². The maximum absolute atomic E-state index is 12.2. The molecule has 2 aromatic carbocycles. The highest BCUT2D eigenvalue weighted by Gasteiger charge is 2.15. The zero-order valence-electron chi connectivity index (χ0n) is 14.4. The Morgan fingerprint density at radius 1 is 1.16 bits per heavy atom. The minimum Gasteiger partial charge on any atom is -0.378 e. The summed E-state index contributed by atoms with van der Waals surface area (Å²) < 4.78 is 0. The van der Waals surface area contributed by atoms with Crippen LogP contribution in [0.2, 0.25) is 0 Å². The Labute approximate surface area is 151 Å². The van der Waals surface area contributed by atoms with E-state index in [2.05, 4.69) is 5.32 Å². The summed E-state index contributed by atoms with van der Waals surface area (Å²) >= 11 is 1.37. The van der Waals surface area contributed by atoms with Crippen molar-refractivity contribution in [2.75, 3.05) is 19.0 Å². The van der Waals surface area contributed by atoms with Crippen LogP contribution in [0.5, 0.6) is 0 Å². The van der Waals surface area contributed by atoms with Gasteiger partial charge in [0, 0.05) is 43.4 Å². The Morgan fingerprint density at radius 3 is 2.28 bits per heavy atom. The number of nitro groups is 1. The van der Waals surface area contributed by atoms with Crippen molar-refractivity contribution < 1.29 is 9.72 Å². The molecule has 0 saturated carbocycles. The Balaban J connectivity index is 1.86. The van der Waals surface area contributed by atoms with E-state index < -0.39 is 4.92 Å². The number of benzene rings is 2. The van der Waals surface area contributed by atoms with Gasteiger partial charge in [0.1, 0.15) is 0 Å². The second kappa shape index (κ2) is 8.53. The third kappa shape index (κ3) is 5.49. The van der Waals surface area contributed by atoms with E-state index in [0.29, 0.717) is 6.54 Å². The number of anilines is 1. The van der Waals surface area contributed by atoms with Gasteiger partial charge in [0.15, 0.2) is 0 Å². The number of hydrogen-bond acceptors (Lipinski definition) is 5. The molecule has 2 aromatic rings. The van der Waals surface area contributed by atoms with Gasteiger partial charge in [-0.25, -0.2) is 0 Å². The average molecular weight is 359 g/mol. The van der Waals surface area contributed by atoms with Gasteiger partial charge in [0.25, 0.3) is 5.69 Å². The van der Waals surface area contributed by atoms with E-state index in [1.807, 2.05) is 50.2 Å². The summed E-state index contributed by atoms with van der Waals surface area (Å²) in [5, 5.41) is 13.3. The van der Waals surface area contributed by atoms with Crippen LogP contribution in [-0.4, -0.2) is 30.2 Å². The molecule has 2 rings (SSSR count). The number of amides is 1. The summed E-state index contributed by atoms with van der Waals surface area (Å²) in [5.74, 6) is -0.0694. The van der Waals surface area contributed by atoms with Crippen molar-refractivity contribution in [2.24, 2.45) is 0 Å². The number of nitro benzene ring substituents is 1. The lowest BCUT2D eigenvalue weighted by Gasteiger charge is -2.14. The molecular weight excluding hydrogens is 338 g/mol. The van der Waals surface area contributed by atoms with E-state index in [-0.39, 0.29) is 16.8 Å². The number of rotatable bonds is 7. The zero-order chi connectivity index (χ0) is 18.4. The number of carbonyl (C=O) groups excluding carboxylic acids is 1. The molecule has 0 saturated heterocycles. The number of carbonyl (C=O) groups is 1. The summed E-state index contributed by atoms with van der Waals surface area (Å²) in [6, 6.07) is 14.2. The Kier molecular flexibility index (Phi) is 6.41. The van der Waals surface area contributed by atoms with Gasteiger partial charge in [-0.15, -0.1) is 11.8 Å². The summed E-state index contributed by atoms with van der Waals surface area (Å²) in [5.41, 5.74) is 2.19. The summed E-state index contributed by atoms with van der Waals surface area (Å²) in [7, 11) is 3.96. The Hall–Kier alpha value is -2.54. The highest BCUT2D eigenvalue weighted by Crippen LogP contribution is 2.25. The second-order valence-electron chi connectivity index (χ2n) is 5.79. The third-order valence-electron chi connectivity index (χ3n) is 3.65. The molecule has 0 aliphatic carbocycles. The second-order valence-corrected chi connectivity index (χ2v) is 7.20. The normalized spacial score (nSPS) is 11.6. The van der Waals surface area contributed by atoms with Gasteiger partial charge in [0.05, 0.1) is 10.2 Å². The van der Waals surface area contributed by atoms with Crippen molar-refractivity contribution in [1.29, 1.82) is 0 Å². The molecule has 7 heteroatoms. The third-order valence-corrected chi connectivity index (χ3v) is 4.76. The van der Waals surface area contributed by atoms with Gasteiger partial charge >= 0.3 is 0 Å². The van der Waals surface area contributed by atoms with Crippen LogP contribution in [0.1, 0.15) is 12.5 Å². The fourth-order valence-corrected chi connectivity index (χ4v) is 3.04. The molecule has 1 atom stereocenters. The van der Waals surface area contributed by atoms with Crippen LogP contribution >= 0.6 is 11.8 Å². The van der Waals surface area contributed by atoms with Crippen molar-refractivity contribution in [1.82, 2.24) is 5.32 Å². The standard InChI is InChI=1S/C18H21N3O3S/c1-13(25-17-10-8-16(9-11-17)21(23)24)18(22)19-12-14-4-6-15(7-5-14)20(2)3/h4-11,13H,12H2,1-3H3,(H,19,22). The molecule has 0 spiro atoms. The van der Waals surface area contributed by atoms with E-state index in [4.69, 9.17) is 0 Å². The molecule has 6 nitrogen and oxygen atoms in total. The molecular formula is C18H21N3O3S. The SMILES string of the molecule is CC(Sc1ccc([N+](=O)[O-])cc1)C(=O)NCc1ccc(N(C)C)cc1. The van der Waals surface area contributed by atoms with Crippen molar-refractivity contribution in [3.05, 3.63) is 64.2 Å². The minimum absolute atomic E-state index is 0.0441. The zero-order valence-corrected chi connectivity index (χ0v) is 15.2. The van der Waals surface area contributed by atoms with Crippen LogP contribution in [0.15, 0.2) is 53.4 Å². The van der Waals surface area contributed by atoms with E-state index in [1.54, 1.807) is 12.1 Å². The largest absolute Gasteiger partial charge is 0.378 e. The van der Waals surface area contributed by atoms with Gasteiger partial charge in [-0.05, 0) is 36.8 Å². The lowest BCUT2D eigenvalue weighted by Crippen LogP contribution is -2.30. The molecule has 0 aliphatic heterocycles. The summed E-state index contributed by atoms with van der Waals surface area (Å²) in [6.07, 6.45) is 0. The highest BCUT2D eigenvalue weighted by atomic mass is 32.2. The first-order valence-corrected chi connectivity index (χ1v) is 8.70. The first kappa shape index (κ1) is 18.8. The Bertz CT molecular complexity index is 730. The van der Waals surface area contributed by atoms with Crippen LogP contribution in [-0.2, 0) is 11.3 Å². The predicted molar refractivity (Wildman–Crippen MR) is 101 cm³/mol. The molecule has 25 heavy (non-hydrogen) atoms. The molecule has 0 bridgehead atoms. The van der Waals surface area contributed by atoms with E-state index in [0.717, 1.165) is 16.1 Å². The topological polar surface area (TPSA) is 75.5 Å². The highest BCUT2D eigenvalue weighted by molar-refractivity contribution is 8.00. The first-order valence-electron chi connectivity index (χ1n) is 7.82. The van der Waals surface area contributed by atoms with Gasteiger partial charge in [0.2, 0.25) is 5.91 Å². The van der Waals surface area contributed by atoms with Crippen molar-refractivity contribution in [3.63, 3.8) is 0 Å². The van der Waals surface area contributed by atoms with Crippen molar-refractivity contribution >= 4 is 29.0 Å². The van der Waals surface area contributed by atoms with E-state index in [9.17, 15) is 14.9 Å². The molecule has 1 unspecified atom stereocenters. The van der Waals surface area contributed by atoms with Crippen LogP contribution in [0.3, 0.4) is 0 Å². The quantitative estimate of drug-likeness (QED) is 0.465. The van der Waals surface area contributed by atoms with Crippen LogP contribution < -0.4 is 10.2 Å². The number of hydrogen-bond donors (Lipinski definition) is 1. The molecule has 132 valence electrons. The lowest BCUT2D eigenvalue weighted by atomic mass is 10.2. The van der Waals surface area contributed by atoms with E-state index >= 15 is 0 Å². The molecule has 1 amide bonds. The maximum atomic E-state index is 12.2. The predicted octanol–water partition coefficient (Wildman–Crippen LogP) is 3.46. The van der Waals surface area contributed by atoms with Gasteiger partial charge in [-0.1, -0.05) is 12.1 Å². The number of nitrogens with zero attached hydrogens (tertiary/aromatic N) is 2. The van der Waals surface area contributed by atoms with Crippen LogP contribution in [0.25, 0.3) is 0 Å². The number of thioether (sulfide) groups is 1. The van der Waals surface area contributed by atoms with Crippen molar-refractivity contribution in [2.45, 2.75) is 23.6 Å². The lowest BCUT2D eigenvalue weighted by molar-refractivity contribution is -0.384. The molecule has 0 aromatic heterocycles. The maximum Gasteiger partial charge on any atom is 0.269 e. The molecule has 0 fully saturated rings. The Morgan fingerprint density at radius 2 is 1.76 bits per heavy atom. The number of nitrogens with one attached hydrogen (secondary N) is 1. The van der Waals surface area contributed by atoms with Crippen LogP contribution in [0.4, 0.5) is 11.4 Å². The van der Waals surface area contributed by atoms with Gasteiger partial charge in [-0.3, -0.25) is 14.9 Å². The summed E-state index contributed by atoms with van der Waals surface area (Å²) in [4.78, 5) is 25.3. The molecule has 0 aliphatic rings. The monoisotopic (exact) mass is 359 g/mol. The van der Waals surface area contributed by atoms with Gasteiger partial charge < -0.3 is 10.2 Å². The first-order chi connectivity index (χ1) is 11.9. The fourth-order valence-electron chi connectivity index (χ4n) is 2.15. The average Bonchev–Trinajstić information content (AvgIpc) is 2.60. The number of non-ortho nitro benzene ring substituents is 1.